The van der Waals surface area contributed by atoms with Gasteiger partial charge < -0.3 is 15.7 Å². The van der Waals surface area contributed by atoms with Crippen LogP contribution >= 0.6 is 11.8 Å². The molecule has 0 aromatic heterocycles. The Labute approximate surface area is 124 Å². The van der Waals surface area contributed by atoms with E-state index >= 15 is 0 Å². The first-order chi connectivity index (χ1) is 9.18. The normalized spacial score (nSPS) is 12.6. The van der Waals surface area contributed by atoms with Crippen molar-refractivity contribution in [3.8, 4) is 0 Å². The molecule has 1 unspecified atom stereocenters. The molecule has 3 N–H and O–H groups in total. The minimum Gasteiger partial charge on any atom is -0.480 e. The van der Waals surface area contributed by atoms with Crippen LogP contribution in [0.5, 0.6) is 0 Å². The number of thioether (sulfide) groups is 1. The highest BCUT2D eigenvalue weighted by molar-refractivity contribution is 7.98. The first-order valence-electron chi connectivity index (χ1n) is 6.48. The predicted octanol–water partition coefficient (Wildman–Crippen LogP) is 0.861. The Hall–Kier alpha value is -1.24. The molecule has 0 aliphatic heterocycles. The molecule has 0 aliphatic carbocycles. The van der Waals surface area contributed by atoms with Crippen LogP contribution in [0.3, 0.4) is 0 Å². The molecule has 116 valence electrons. The second-order valence-electron chi connectivity index (χ2n) is 5.50. The van der Waals surface area contributed by atoms with E-state index in [1.165, 1.54) is 11.8 Å². The molecule has 7 heteroatoms. The maximum Gasteiger partial charge on any atom is 0.326 e. The van der Waals surface area contributed by atoms with Crippen molar-refractivity contribution in [1.29, 1.82) is 0 Å². The molecule has 0 radical (unpaired) electrons. The summed E-state index contributed by atoms with van der Waals surface area (Å²) >= 11 is 1.53. The molecular formula is C13H24N2O4S. The number of nitrogens with one attached hydrogen (secondary N) is 2. The molecule has 0 heterocycles. The molecule has 0 saturated carbocycles. The van der Waals surface area contributed by atoms with Crippen LogP contribution in [0.1, 0.15) is 33.6 Å². The Morgan fingerprint density at radius 1 is 1.25 bits per heavy atom. The Morgan fingerprint density at radius 3 is 2.30 bits per heavy atom. The van der Waals surface area contributed by atoms with Crippen LogP contribution in [-0.2, 0) is 14.4 Å². The summed E-state index contributed by atoms with van der Waals surface area (Å²) in [6.45, 7) is 5.55. The molecule has 0 aromatic rings. The maximum absolute atomic E-state index is 11.6. The summed E-state index contributed by atoms with van der Waals surface area (Å²) in [5.41, 5.74) is -0.502. The summed E-state index contributed by atoms with van der Waals surface area (Å²) in [6.07, 6.45) is 2.34. The van der Waals surface area contributed by atoms with Crippen molar-refractivity contribution in [3.63, 3.8) is 0 Å². The standard InChI is InChI=1S/C13H24N2O4S/c1-13(2,3)12(19)14-7-5-10(16)15-9(11(17)18)6-8-20-4/h9H,5-8H2,1-4H3,(H,14,19)(H,15,16)(H,17,18). The Kier molecular flexibility index (Phi) is 8.29. The van der Waals surface area contributed by atoms with Gasteiger partial charge in [0.25, 0.3) is 0 Å². The monoisotopic (exact) mass is 304 g/mol. The molecule has 20 heavy (non-hydrogen) atoms. The maximum atomic E-state index is 11.6. The molecule has 2 amide bonds. The molecule has 0 aliphatic rings. The van der Waals surface area contributed by atoms with Gasteiger partial charge in [-0.05, 0) is 18.4 Å². The van der Waals surface area contributed by atoms with Gasteiger partial charge in [0.2, 0.25) is 11.8 Å². The summed E-state index contributed by atoms with van der Waals surface area (Å²) in [4.78, 5) is 34.2. The molecule has 1 atom stereocenters. The zero-order valence-electron chi connectivity index (χ0n) is 12.5. The van der Waals surface area contributed by atoms with Gasteiger partial charge in [0.05, 0.1) is 0 Å². The minimum absolute atomic E-state index is 0.0743. The Bertz CT molecular complexity index is 353. The number of hydrogen-bond acceptors (Lipinski definition) is 4. The third-order valence-electron chi connectivity index (χ3n) is 2.56. The fraction of sp³-hybridized carbons (Fsp3) is 0.769. The lowest BCUT2D eigenvalue weighted by Gasteiger charge is -2.18. The largest absolute Gasteiger partial charge is 0.480 e. The predicted molar refractivity (Wildman–Crippen MR) is 79.6 cm³/mol. The summed E-state index contributed by atoms with van der Waals surface area (Å²) in [5, 5.41) is 14.1. The van der Waals surface area contributed by atoms with E-state index in [1.807, 2.05) is 6.26 Å². The van der Waals surface area contributed by atoms with E-state index in [-0.39, 0.29) is 24.8 Å². The molecule has 0 fully saturated rings. The van der Waals surface area contributed by atoms with Crippen molar-refractivity contribution < 1.29 is 19.5 Å². The van der Waals surface area contributed by atoms with Gasteiger partial charge in [-0.1, -0.05) is 20.8 Å². The lowest BCUT2D eigenvalue weighted by molar-refractivity contribution is -0.142. The van der Waals surface area contributed by atoms with Gasteiger partial charge in [0.15, 0.2) is 0 Å². The van der Waals surface area contributed by atoms with E-state index in [2.05, 4.69) is 10.6 Å². The fourth-order valence-electron chi connectivity index (χ4n) is 1.31. The van der Waals surface area contributed by atoms with E-state index in [1.54, 1.807) is 20.8 Å². The number of carbonyl (C=O) groups excluding carboxylic acids is 2. The Morgan fingerprint density at radius 2 is 1.85 bits per heavy atom. The number of carboxylic acids is 1. The van der Waals surface area contributed by atoms with E-state index in [0.29, 0.717) is 12.2 Å². The first kappa shape index (κ1) is 18.8. The molecule has 0 rings (SSSR count). The second kappa shape index (κ2) is 8.84. The van der Waals surface area contributed by atoms with Gasteiger partial charge in [0, 0.05) is 18.4 Å². The molecule has 0 spiro atoms. The molecule has 0 saturated heterocycles. The van der Waals surface area contributed by atoms with Crippen molar-refractivity contribution in [1.82, 2.24) is 10.6 Å². The average molecular weight is 304 g/mol. The number of aliphatic carboxylic acids is 1. The third-order valence-corrected chi connectivity index (χ3v) is 3.21. The van der Waals surface area contributed by atoms with Gasteiger partial charge in [-0.15, -0.1) is 0 Å². The van der Waals surface area contributed by atoms with Crippen molar-refractivity contribution in [3.05, 3.63) is 0 Å². The van der Waals surface area contributed by atoms with Crippen LogP contribution in [0, 0.1) is 5.41 Å². The van der Waals surface area contributed by atoms with E-state index < -0.39 is 17.4 Å². The van der Waals surface area contributed by atoms with Crippen LogP contribution < -0.4 is 10.6 Å². The number of rotatable bonds is 8. The second-order valence-corrected chi connectivity index (χ2v) is 6.48. The van der Waals surface area contributed by atoms with E-state index in [9.17, 15) is 14.4 Å². The number of amides is 2. The van der Waals surface area contributed by atoms with E-state index in [0.717, 1.165) is 0 Å². The Balaban J connectivity index is 4.08. The van der Waals surface area contributed by atoms with Crippen LogP contribution in [-0.4, -0.2) is 47.5 Å². The van der Waals surface area contributed by atoms with Gasteiger partial charge in [-0.2, -0.15) is 11.8 Å². The lowest BCUT2D eigenvalue weighted by Crippen LogP contribution is -2.43. The number of carbonyl (C=O) groups is 3. The highest BCUT2D eigenvalue weighted by atomic mass is 32.2. The minimum atomic E-state index is -1.04. The topological polar surface area (TPSA) is 95.5 Å². The van der Waals surface area contributed by atoms with Crippen LogP contribution in [0.25, 0.3) is 0 Å². The zero-order valence-corrected chi connectivity index (χ0v) is 13.3. The molecule has 0 aromatic carbocycles. The van der Waals surface area contributed by atoms with Gasteiger partial charge >= 0.3 is 5.97 Å². The molecular weight excluding hydrogens is 280 g/mol. The van der Waals surface area contributed by atoms with Crippen LogP contribution in [0.4, 0.5) is 0 Å². The van der Waals surface area contributed by atoms with Gasteiger partial charge in [-0.25, -0.2) is 4.79 Å². The number of carboxylic acid groups (broad SMARTS) is 1. The highest BCUT2D eigenvalue weighted by Gasteiger charge is 2.22. The summed E-state index contributed by atoms with van der Waals surface area (Å²) < 4.78 is 0. The van der Waals surface area contributed by atoms with Gasteiger partial charge in [-0.3, -0.25) is 9.59 Å². The van der Waals surface area contributed by atoms with Crippen molar-refractivity contribution in [2.75, 3.05) is 18.6 Å². The number of hydrogen-bond donors (Lipinski definition) is 3. The third kappa shape index (κ3) is 8.04. The summed E-state index contributed by atoms with van der Waals surface area (Å²) in [5.74, 6) is -0.876. The quantitative estimate of drug-likeness (QED) is 0.618. The SMILES string of the molecule is CSCCC(NC(=O)CCNC(=O)C(C)(C)C)C(=O)O. The van der Waals surface area contributed by atoms with Crippen molar-refractivity contribution in [2.45, 2.75) is 39.7 Å². The van der Waals surface area contributed by atoms with Crippen molar-refractivity contribution in [2.24, 2.45) is 5.41 Å². The smallest absolute Gasteiger partial charge is 0.326 e. The molecule has 6 nitrogen and oxygen atoms in total. The average Bonchev–Trinajstić information content (AvgIpc) is 2.32. The highest BCUT2D eigenvalue weighted by Crippen LogP contribution is 2.12. The first-order valence-corrected chi connectivity index (χ1v) is 7.87. The van der Waals surface area contributed by atoms with Crippen LogP contribution in [0.2, 0.25) is 0 Å². The fourth-order valence-corrected chi connectivity index (χ4v) is 1.79. The van der Waals surface area contributed by atoms with Crippen LogP contribution in [0.15, 0.2) is 0 Å². The summed E-state index contributed by atoms with van der Waals surface area (Å²) in [6, 6.07) is -0.867. The van der Waals surface area contributed by atoms with E-state index in [4.69, 9.17) is 5.11 Å². The van der Waals surface area contributed by atoms with Gasteiger partial charge in [0.1, 0.15) is 6.04 Å². The molecule has 0 bridgehead atoms. The van der Waals surface area contributed by atoms with Crippen molar-refractivity contribution >= 4 is 29.5 Å². The summed E-state index contributed by atoms with van der Waals surface area (Å²) in [7, 11) is 0. The zero-order chi connectivity index (χ0) is 15.8. The lowest BCUT2D eigenvalue weighted by atomic mass is 9.96.